The van der Waals surface area contributed by atoms with Crippen molar-refractivity contribution < 1.29 is 9.66 Å². The van der Waals surface area contributed by atoms with Crippen molar-refractivity contribution in [1.29, 1.82) is 5.41 Å². The van der Waals surface area contributed by atoms with Crippen LogP contribution in [0.15, 0.2) is 12.1 Å². The quantitative estimate of drug-likeness (QED) is 0.326. The first kappa shape index (κ1) is 7.67. The third kappa shape index (κ3) is 1.74. The molecule has 0 radical (unpaired) electrons. The number of nitrogens with zero attached hydrogens (tertiary/aromatic N) is 1. The van der Waals surface area contributed by atoms with Crippen LogP contribution >= 0.6 is 11.3 Å². The predicted molar refractivity (Wildman–Crippen MR) is 40.4 cm³/mol. The molecule has 0 unspecified atom stereocenters. The number of thiophene rings is 1. The molecule has 0 saturated heterocycles. The van der Waals surface area contributed by atoms with Crippen LogP contribution in [0, 0.1) is 15.5 Å². The van der Waals surface area contributed by atoms with Crippen LogP contribution in [0.1, 0.15) is 0 Å². The summed E-state index contributed by atoms with van der Waals surface area (Å²) in [5.74, 6) is 0. The first-order chi connectivity index (χ1) is 5.24. The van der Waals surface area contributed by atoms with E-state index in [2.05, 4.69) is 4.74 Å². The summed E-state index contributed by atoms with van der Waals surface area (Å²) in [7, 11) is 0. The number of nitrogens with one attached hydrogen (secondary N) is 1. The molecule has 0 aliphatic heterocycles. The summed E-state index contributed by atoms with van der Waals surface area (Å²) in [4.78, 5) is 9.62. The maximum Gasteiger partial charge on any atom is 0.327 e. The lowest BCUT2D eigenvalue weighted by atomic mass is 10.6. The van der Waals surface area contributed by atoms with Crippen molar-refractivity contribution >= 4 is 22.7 Å². The van der Waals surface area contributed by atoms with Gasteiger partial charge in [-0.25, -0.2) is 0 Å². The molecule has 6 heteroatoms. The molecule has 0 bridgehead atoms. The Morgan fingerprint density at radius 1 is 1.73 bits per heavy atom. The second kappa shape index (κ2) is 3.11. The van der Waals surface area contributed by atoms with Gasteiger partial charge in [0.25, 0.3) is 0 Å². The normalized spacial score (nSPS) is 9.09. The Morgan fingerprint density at radius 2 is 2.45 bits per heavy atom. The van der Waals surface area contributed by atoms with Crippen LogP contribution in [0.4, 0.5) is 5.00 Å². The van der Waals surface area contributed by atoms with Gasteiger partial charge in [-0.05, 0) is 17.4 Å². The van der Waals surface area contributed by atoms with Crippen molar-refractivity contribution in [3.63, 3.8) is 0 Å². The maximum absolute atomic E-state index is 10.1. The maximum atomic E-state index is 10.1. The van der Waals surface area contributed by atoms with Crippen LogP contribution in [0.5, 0.6) is 5.06 Å². The van der Waals surface area contributed by atoms with Crippen molar-refractivity contribution in [3.05, 3.63) is 22.2 Å². The second-order valence-electron chi connectivity index (χ2n) is 1.59. The average Bonchev–Trinajstić information content (AvgIpc) is 2.37. The number of rotatable bonds is 3. The molecule has 0 atom stereocenters. The van der Waals surface area contributed by atoms with Crippen molar-refractivity contribution in [2.24, 2.45) is 0 Å². The molecule has 1 N–H and O–H groups in total. The fourth-order valence-corrected chi connectivity index (χ4v) is 1.18. The van der Waals surface area contributed by atoms with E-state index in [1.165, 1.54) is 12.1 Å². The van der Waals surface area contributed by atoms with E-state index in [1.54, 1.807) is 0 Å². The summed E-state index contributed by atoms with van der Waals surface area (Å²) >= 11 is 0.893. The van der Waals surface area contributed by atoms with Gasteiger partial charge in [0.15, 0.2) is 11.5 Å². The summed E-state index contributed by atoms with van der Waals surface area (Å²) in [5, 5.41) is 17.0. The molecular formula is C5H4N2O3S. The first-order valence-electron chi connectivity index (χ1n) is 2.64. The van der Waals surface area contributed by atoms with E-state index >= 15 is 0 Å². The van der Waals surface area contributed by atoms with Crippen LogP contribution in [0.3, 0.4) is 0 Å². The van der Waals surface area contributed by atoms with E-state index in [1.807, 2.05) is 0 Å². The van der Waals surface area contributed by atoms with Gasteiger partial charge >= 0.3 is 5.00 Å². The molecule has 1 rings (SSSR count). The molecule has 0 spiro atoms. The molecule has 0 aromatic carbocycles. The zero-order chi connectivity index (χ0) is 8.27. The monoisotopic (exact) mass is 172 g/mol. The first-order valence-corrected chi connectivity index (χ1v) is 3.45. The summed E-state index contributed by atoms with van der Waals surface area (Å²) in [5.41, 5.74) is 0. The van der Waals surface area contributed by atoms with Gasteiger partial charge in [-0.15, -0.1) is 0 Å². The molecule has 0 saturated carbocycles. The van der Waals surface area contributed by atoms with Gasteiger partial charge in [-0.2, -0.15) is 0 Å². The zero-order valence-corrected chi connectivity index (χ0v) is 6.13. The highest BCUT2D eigenvalue weighted by atomic mass is 32.1. The molecule has 11 heavy (non-hydrogen) atoms. The minimum absolute atomic E-state index is 0.0156. The molecule has 0 aliphatic rings. The van der Waals surface area contributed by atoms with Gasteiger partial charge in [-0.1, -0.05) is 0 Å². The van der Waals surface area contributed by atoms with E-state index in [0.29, 0.717) is 5.06 Å². The molecule has 0 fully saturated rings. The smallest absolute Gasteiger partial charge is 0.327 e. The molecule has 1 aromatic rings. The summed E-state index contributed by atoms with van der Waals surface area (Å²) in [6.07, 6.45) is 0.732. The van der Waals surface area contributed by atoms with Crippen molar-refractivity contribution in [2.75, 3.05) is 0 Å². The Bertz CT molecular complexity index is 283. The molecule has 0 aliphatic carbocycles. The highest BCUT2D eigenvalue weighted by molar-refractivity contribution is 7.17. The van der Waals surface area contributed by atoms with Crippen LogP contribution < -0.4 is 4.74 Å². The van der Waals surface area contributed by atoms with Crippen molar-refractivity contribution in [2.45, 2.75) is 0 Å². The lowest BCUT2D eigenvalue weighted by Gasteiger charge is -1.86. The second-order valence-corrected chi connectivity index (χ2v) is 2.61. The molecule has 1 aromatic heterocycles. The number of hydrogen-bond donors (Lipinski definition) is 1. The van der Waals surface area contributed by atoms with E-state index in [-0.39, 0.29) is 5.00 Å². The number of nitro groups is 1. The van der Waals surface area contributed by atoms with Crippen LogP contribution in [-0.2, 0) is 0 Å². The van der Waals surface area contributed by atoms with Crippen LogP contribution in [-0.4, -0.2) is 11.3 Å². The van der Waals surface area contributed by atoms with E-state index in [0.717, 1.165) is 17.7 Å². The van der Waals surface area contributed by atoms with E-state index in [4.69, 9.17) is 5.41 Å². The molecule has 58 valence electrons. The lowest BCUT2D eigenvalue weighted by Crippen LogP contribution is -1.82. The Labute approximate surface area is 65.9 Å². The Balaban J connectivity index is 2.81. The highest BCUT2D eigenvalue weighted by Crippen LogP contribution is 2.29. The van der Waals surface area contributed by atoms with Crippen molar-refractivity contribution in [3.8, 4) is 5.06 Å². The summed E-state index contributed by atoms with van der Waals surface area (Å²) < 4.78 is 4.59. The lowest BCUT2D eigenvalue weighted by molar-refractivity contribution is -0.380. The summed E-state index contributed by atoms with van der Waals surface area (Å²) in [6, 6.07) is 2.79. The zero-order valence-electron chi connectivity index (χ0n) is 5.31. The van der Waals surface area contributed by atoms with Gasteiger partial charge in [-0.3, -0.25) is 15.5 Å². The Hall–Kier alpha value is -1.43. The van der Waals surface area contributed by atoms with Crippen LogP contribution in [0.25, 0.3) is 0 Å². The number of hydrogen-bond acceptors (Lipinski definition) is 5. The molecule has 1 heterocycles. The molecule has 5 nitrogen and oxygen atoms in total. The third-order valence-corrected chi connectivity index (χ3v) is 1.85. The van der Waals surface area contributed by atoms with Gasteiger partial charge in [0, 0.05) is 6.07 Å². The third-order valence-electron chi connectivity index (χ3n) is 0.922. The van der Waals surface area contributed by atoms with E-state index < -0.39 is 4.92 Å². The Morgan fingerprint density at radius 3 is 2.91 bits per heavy atom. The fraction of sp³-hybridized carbons (Fsp3) is 0. The molecular weight excluding hydrogens is 168 g/mol. The fourth-order valence-electron chi connectivity index (χ4n) is 0.530. The van der Waals surface area contributed by atoms with E-state index in [9.17, 15) is 10.1 Å². The topological polar surface area (TPSA) is 76.2 Å². The van der Waals surface area contributed by atoms with Crippen LogP contribution in [0.2, 0.25) is 0 Å². The number of ether oxygens (including phenoxy) is 1. The minimum Gasteiger partial charge on any atom is -0.435 e. The van der Waals surface area contributed by atoms with Gasteiger partial charge in [0.05, 0.1) is 4.92 Å². The standard InChI is InChI=1S/C5H4N2O3S/c6-3-10-5-2-1-4(11-5)7(8)9/h1-3,6H. The predicted octanol–water partition coefficient (Wildman–Crippen LogP) is 1.64. The summed E-state index contributed by atoms with van der Waals surface area (Å²) in [6.45, 7) is 0. The van der Waals surface area contributed by atoms with Gasteiger partial charge in [0.1, 0.15) is 0 Å². The largest absolute Gasteiger partial charge is 0.435 e. The highest BCUT2D eigenvalue weighted by Gasteiger charge is 2.09. The average molecular weight is 172 g/mol. The van der Waals surface area contributed by atoms with Gasteiger partial charge in [0.2, 0.25) is 0 Å². The van der Waals surface area contributed by atoms with Crippen molar-refractivity contribution in [1.82, 2.24) is 0 Å². The minimum atomic E-state index is -0.499. The van der Waals surface area contributed by atoms with Gasteiger partial charge < -0.3 is 4.74 Å². The molecule has 0 amide bonds. The Kier molecular flexibility index (Phi) is 2.17. The SMILES string of the molecule is N=COc1ccc([N+](=O)[O-])s1.